The largest absolute Gasteiger partial charge is 0.370 e. The molecule has 0 bridgehead atoms. The molecule has 2 heterocycles. The van der Waals surface area contributed by atoms with Crippen molar-refractivity contribution in [2.75, 3.05) is 32.1 Å². The predicted molar refractivity (Wildman–Crippen MR) is 96.5 cm³/mol. The first-order chi connectivity index (χ1) is 12.1. The van der Waals surface area contributed by atoms with Crippen molar-refractivity contribution in [1.82, 2.24) is 20.1 Å². The Hall–Kier alpha value is -1.12. The average Bonchev–Trinajstić information content (AvgIpc) is 2.96. The maximum Gasteiger partial charge on any atom is 0.230 e. The third-order valence-corrected chi connectivity index (χ3v) is 6.34. The van der Waals surface area contributed by atoms with Gasteiger partial charge in [-0.25, -0.2) is 0 Å². The SMILES string of the molecule is C[C@@H]1CCCC[C@@H]1NC(=O)CSc1nnc(C[NH+]2CCOCC2)n1C. The van der Waals surface area contributed by atoms with Crippen molar-refractivity contribution >= 4 is 17.7 Å². The summed E-state index contributed by atoms with van der Waals surface area (Å²) in [5, 5.41) is 12.6. The first kappa shape index (κ1) is 18.7. The van der Waals surface area contributed by atoms with Crippen molar-refractivity contribution in [3.8, 4) is 0 Å². The summed E-state index contributed by atoms with van der Waals surface area (Å²) < 4.78 is 7.41. The standard InChI is InChI=1S/C17H29N5O2S/c1-13-5-3-4-6-14(13)18-16(23)12-25-17-20-19-15(21(17)2)11-22-7-9-24-10-8-22/h13-14H,3-12H2,1-2H3,(H,18,23)/p+1/t13-,14+/m1/s1. The number of aromatic nitrogens is 3. The van der Waals surface area contributed by atoms with Gasteiger partial charge in [0.05, 0.1) is 19.0 Å². The molecule has 7 nitrogen and oxygen atoms in total. The quantitative estimate of drug-likeness (QED) is 0.693. The van der Waals surface area contributed by atoms with Crippen LogP contribution in [0.25, 0.3) is 0 Å². The van der Waals surface area contributed by atoms with Crippen molar-refractivity contribution in [1.29, 1.82) is 0 Å². The molecule has 1 amide bonds. The molecule has 8 heteroatoms. The zero-order valence-corrected chi connectivity index (χ0v) is 16.1. The lowest BCUT2D eigenvalue weighted by Crippen LogP contribution is -3.12. The summed E-state index contributed by atoms with van der Waals surface area (Å²) in [5.41, 5.74) is 0. The molecule has 1 aromatic rings. The minimum absolute atomic E-state index is 0.104. The van der Waals surface area contributed by atoms with Gasteiger partial charge >= 0.3 is 0 Å². The van der Waals surface area contributed by atoms with Crippen LogP contribution >= 0.6 is 11.8 Å². The Labute approximate surface area is 153 Å². The van der Waals surface area contributed by atoms with Crippen molar-refractivity contribution < 1.29 is 14.4 Å². The number of rotatable bonds is 6. The van der Waals surface area contributed by atoms with E-state index in [0.29, 0.717) is 17.7 Å². The van der Waals surface area contributed by atoms with Gasteiger partial charge in [-0.05, 0) is 18.8 Å². The summed E-state index contributed by atoms with van der Waals surface area (Å²) >= 11 is 1.47. The van der Waals surface area contributed by atoms with E-state index in [1.54, 1.807) is 0 Å². The number of nitrogens with one attached hydrogen (secondary N) is 2. The van der Waals surface area contributed by atoms with Crippen molar-refractivity contribution in [3.63, 3.8) is 0 Å². The maximum atomic E-state index is 12.3. The van der Waals surface area contributed by atoms with E-state index in [-0.39, 0.29) is 5.91 Å². The van der Waals surface area contributed by atoms with Crippen LogP contribution in [0.5, 0.6) is 0 Å². The zero-order valence-electron chi connectivity index (χ0n) is 15.3. The van der Waals surface area contributed by atoms with Gasteiger partial charge in [0.25, 0.3) is 0 Å². The first-order valence-electron chi connectivity index (χ1n) is 9.35. The van der Waals surface area contributed by atoms with Gasteiger partial charge in [0.2, 0.25) is 5.91 Å². The van der Waals surface area contributed by atoms with Crippen LogP contribution in [0, 0.1) is 5.92 Å². The molecule has 140 valence electrons. The summed E-state index contributed by atoms with van der Waals surface area (Å²) in [6.45, 7) is 6.75. The zero-order chi connectivity index (χ0) is 17.6. The molecular weight excluding hydrogens is 338 g/mol. The number of amides is 1. The summed E-state index contributed by atoms with van der Waals surface area (Å²) in [4.78, 5) is 13.7. The molecule has 0 unspecified atom stereocenters. The van der Waals surface area contributed by atoms with Crippen LogP contribution in [0.2, 0.25) is 0 Å². The van der Waals surface area contributed by atoms with Crippen LogP contribution in [0.4, 0.5) is 0 Å². The van der Waals surface area contributed by atoms with Crippen LogP contribution in [0.15, 0.2) is 5.16 Å². The van der Waals surface area contributed by atoms with Gasteiger partial charge < -0.3 is 19.5 Å². The van der Waals surface area contributed by atoms with E-state index < -0.39 is 0 Å². The smallest absolute Gasteiger partial charge is 0.230 e. The fourth-order valence-electron chi connectivity index (χ4n) is 3.59. The lowest BCUT2D eigenvalue weighted by molar-refractivity contribution is -0.922. The minimum atomic E-state index is 0.104. The van der Waals surface area contributed by atoms with Crippen molar-refractivity contribution in [2.24, 2.45) is 13.0 Å². The molecule has 1 saturated carbocycles. The Balaban J connectivity index is 1.47. The highest BCUT2D eigenvalue weighted by Crippen LogP contribution is 2.24. The van der Waals surface area contributed by atoms with Crippen LogP contribution in [-0.2, 0) is 23.1 Å². The second-order valence-electron chi connectivity index (χ2n) is 7.22. The topological polar surface area (TPSA) is 73.5 Å². The Morgan fingerprint density at radius 1 is 1.32 bits per heavy atom. The van der Waals surface area contributed by atoms with E-state index in [0.717, 1.165) is 50.2 Å². The molecular formula is C17H30N5O2S+. The van der Waals surface area contributed by atoms with Crippen LogP contribution in [-0.4, -0.2) is 58.8 Å². The van der Waals surface area contributed by atoms with Gasteiger partial charge in [-0.1, -0.05) is 31.5 Å². The summed E-state index contributed by atoms with van der Waals surface area (Å²) in [7, 11) is 1.98. The molecule has 0 radical (unpaired) electrons. The van der Waals surface area contributed by atoms with Crippen LogP contribution < -0.4 is 10.2 Å². The van der Waals surface area contributed by atoms with Gasteiger partial charge in [-0.15, -0.1) is 10.2 Å². The number of nitrogens with zero attached hydrogens (tertiary/aromatic N) is 3. The Kier molecular flexibility index (Phi) is 6.72. The monoisotopic (exact) mass is 368 g/mol. The number of carbonyl (C=O) groups excluding carboxylic acids is 1. The normalized spacial score (nSPS) is 25.0. The molecule has 3 rings (SSSR count). The summed E-state index contributed by atoms with van der Waals surface area (Å²) in [5.74, 6) is 2.06. The molecule has 1 aliphatic carbocycles. The van der Waals surface area contributed by atoms with Gasteiger partial charge in [-0.3, -0.25) is 4.79 Å². The van der Waals surface area contributed by atoms with Gasteiger partial charge in [0, 0.05) is 13.1 Å². The molecule has 2 atom stereocenters. The molecule has 1 saturated heterocycles. The number of hydrogen-bond donors (Lipinski definition) is 2. The average molecular weight is 369 g/mol. The highest BCUT2D eigenvalue weighted by Gasteiger charge is 2.23. The van der Waals surface area contributed by atoms with Crippen LogP contribution in [0.3, 0.4) is 0 Å². The van der Waals surface area contributed by atoms with Crippen molar-refractivity contribution in [3.05, 3.63) is 5.82 Å². The Bertz CT molecular complexity index is 573. The summed E-state index contributed by atoms with van der Waals surface area (Å²) in [6, 6.07) is 0.335. The number of morpholine rings is 1. The third-order valence-electron chi connectivity index (χ3n) is 5.32. The van der Waals surface area contributed by atoms with E-state index in [2.05, 4.69) is 22.4 Å². The lowest BCUT2D eigenvalue weighted by atomic mass is 9.86. The molecule has 2 fully saturated rings. The molecule has 2 aliphatic rings. The molecule has 0 aromatic carbocycles. The van der Waals surface area contributed by atoms with E-state index in [9.17, 15) is 4.79 Å². The van der Waals surface area contributed by atoms with Crippen molar-refractivity contribution in [2.45, 2.75) is 50.4 Å². The molecule has 25 heavy (non-hydrogen) atoms. The summed E-state index contributed by atoms with van der Waals surface area (Å²) in [6.07, 6.45) is 4.83. The number of hydrogen-bond acceptors (Lipinski definition) is 5. The lowest BCUT2D eigenvalue weighted by Gasteiger charge is -2.29. The van der Waals surface area contributed by atoms with E-state index in [1.165, 1.54) is 35.9 Å². The predicted octanol–water partition coefficient (Wildman–Crippen LogP) is 0.0172. The van der Waals surface area contributed by atoms with E-state index >= 15 is 0 Å². The maximum absolute atomic E-state index is 12.3. The number of carbonyl (C=O) groups is 1. The Morgan fingerprint density at radius 2 is 2.08 bits per heavy atom. The fraction of sp³-hybridized carbons (Fsp3) is 0.824. The molecule has 1 aliphatic heterocycles. The molecule has 2 N–H and O–H groups in total. The van der Waals surface area contributed by atoms with E-state index in [1.807, 2.05) is 11.6 Å². The van der Waals surface area contributed by atoms with E-state index in [4.69, 9.17) is 4.74 Å². The number of ether oxygens (including phenoxy) is 1. The third kappa shape index (κ3) is 5.18. The fourth-order valence-corrected chi connectivity index (χ4v) is 4.34. The second-order valence-corrected chi connectivity index (χ2v) is 8.16. The molecule has 0 spiro atoms. The minimum Gasteiger partial charge on any atom is -0.370 e. The van der Waals surface area contributed by atoms with Gasteiger partial charge in [-0.2, -0.15) is 0 Å². The number of quaternary nitrogens is 1. The Morgan fingerprint density at radius 3 is 2.84 bits per heavy atom. The van der Waals surface area contributed by atoms with Gasteiger partial charge in [0.1, 0.15) is 19.6 Å². The van der Waals surface area contributed by atoms with Crippen LogP contribution in [0.1, 0.15) is 38.4 Å². The highest BCUT2D eigenvalue weighted by atomic mass is 32.2. The molecule has 1 aromatic heterocycles. The highest BCUT2D eigenvalue weighted by molar-refractivity contribution is 7.99. The number of thioether (sulfide) groups is 1. The second kappa shape index (κ2) is 9.00. The first-order valence-corrected chi connectivity index (χ1v) is 10.3. The van der Waals surface area contributed by atoms with Gasteiger partial charge in [0.15, 0.2) is 11.0 Å².